The summed E-state index contributed by atoms with van der Waals surface area (Å²) in [7, 11) is 0. The zero-order valence-corrected chi connectivity index (χ0v) is 13.6. The maximum Gasteiger partial charge on any atom is 0.192 e. The molecule has 0 saturated heterocycles. The van der Waals surface area contributed by atoms with Crippen molar-refractivity contribution in [3.8, 4) is 11.3 Å². The van der Waals surface area contributed by atoms with E-state index < -0.39 is 0 Å². The third-order valence-corrected chi connectivity index (χ3v) is 4.14. The van der Waals surface area contributed by atoms with E-state index >= 15 is 0 Å². The summed E-state index contributed by atoms with van der Waals surface area (Å²) in [5.41, 5.74) is 3.18. The number of hydrogen-bond donors (Lipinski definition) is 0. The van der Waals surface area contributed by atoms with Crippen molar-refractivity contribution in [2.45, 2.75) is 13.8 Å². The molecule has 0 amide bonds. The number of carbonyl (C=O) groups excluding carboxylic acids is 1. The summed E-state index contributed by atoms with van der Waals surface area (Å²) in [6, 6.07) is 7.35. The molecule has 0 radical (unpaired) electrons. The van der Waals surface area contributed by atoms with Gasteiger partial charge in [-0.15, -0.1) is 10.2 Å². The molecular formula is C14H10BrClN4O. The first-order valence-corrected chi connectivity index (χ1v) is 7.34. The fourth-order valence-electron chi connectivity index (χ4n) is 2.10. The normalized spacial score (nSPS) is 11.0. The van der Waals surface area contributed by atoms with Gasteiger partial charge in [0.2, 0.25) is 0 Å². The molecule has 1 aromatic carbocycles. The molecule has 21 heavy (non-hydrogen) atoms. The van der Waals surface area contributed by atoms with E-state index in [0.29, 0.717) is 22.1 Å². The van der Waals surface area contributed by atoms with Crippen LogP contribution < -0.4 is 0 Å². The summed E-state index contributed by atoms with van der Waals surface area (Å²) in [6.07, 6.45) is 0. The summed E-state index contributed by atoms with van der Waals surface area (Å²) >= 11 is 9.40. The van der Waals surface area contributed by atoms with Crippen molar-refractivity contribution in [1.29, 1.82) is 0 Å². The first-order valence-electron chi connectivity index (χ1n) is 6.17. The van der Waals surface area contributed by atoms with Gasteiger partial charge < -0.3 is 0 Å². The zero-order valence-electron chi connectivity index (χ0n) is 11.3. The number of nitrogens with zero attached hydrogens (tertiary/aromatic N) is 4. The van der Waals surface area contributed by atoms with Gasteiger partial charge in [-0.3, -0.25) is 4.79 Å². The SMILES string of the molecule is CC(=O)c1nnc2c(Br)c(-c3ccc(Cl)cc3)nn2c1C. The largest absolute Gasteiger partial charge is 0.293 e. The van der Waals surface area contributed by atoms with Crippen LogP contribution in [0.5, 0.6) is 0 Å². The Hall–Kier alpha value is -1.79. The number of rotatable bonds is 2. The zero-order chi connectivity index (χ0) is 15.1. The van der Waals surface area contributed by atoms with Crippen LogP contribution in [0.2, 0.25) is 5.02 Å². The lowest BCUT2D eigenvalue weighted by molar-refractivity contribution is 0.101. The molecule has 2 aromatic heterocycles. The van der Waals surface area contributed by atoms with Crippen LogP contribution in [0.25, 0.3) is 16.9 Å². The van der Waals surface area contributed by atoms with Gasteiger partial charge in [-0.25, -0.2) is 4.52 Å². The van der Waals surface area contributed by atoms with Gasteiger partial charge in [0.05, 0.1) is 10.2 Å². The third-order valence-electron chi connectivity index (χ3n) is 3.16. The van der Waals surface area contributed by atoms with Gasteiger partial charge in [-0.05, 0) is 35.0 Å². The van der Waals surface area contributed by atoms with Gasteiger partial charge in [0.15, 0.2) is 11.4 Å². The monoisotopic (exact) mass is 364 g/mol. The first-order chi connectivity index (χ1) is 9.99. The van der Waals surface area contributed by atoms with E-state index in [1.165, 1.54) is 6.92 Å². The fraction of sp³-hybridized carbons (Fsp3) is 0.143. The van der Waals surface area contributed by atoms with Gasteiger partial charge in [0, 0.05) is 17.5 Å². The first kappa shape index (κ1) is 14.2. The molecular weight excluding hydrogens is 356 g/mol. The highest BCUT2D eigenvalue weighted by Gasteiger charge is 2.18. The molecule has 5 nitrogen and oxygen atoms in total. The molecule has 0 aliphatic rings. The van der Waals surface area contributed by atoms with E-state index in [4.69, 9.17) is 11.6 Å². The van der Waals surface area contributed by atoms with E-state index in [0.717, 1.165) is 15.7 Å². The average Bonchev–Trinajstić information content (AvgIpc) is 2.78. The van der Waals surface area contributed by atoms with Crippen molar-refractivity contribution >= 4 is 39.0 Å². The summed E-state index contributed by atoms with van der Waals surface area (Å²) in [6.45, 7) is 3.25. The maximum atomic E-state index is 11.5. The molecule has 0 fully saturated rings. The van der Waals surface area contributed by atoms with Gasteiger partial charge in [0.25, 0.3) is 0 Å². The maximum absolute atomic E-state index is 11.5. The van der Waals surface area contributed by atoms with E-state index in [2.05, 4.69) is 31.2 Å². The van der Waals surface area contributed by atoms with Gasteiger partial charge >= 0.3 is 0 Å². The Morgan fingerprint density at radius 1 is 1.24 bits per heavy atom. The molecule has 2 heterocycles. The summed E-state index contributed by atoms with van der Waals surface area (Å²) in [4.78, 5) is 11.5. The summed E-state index contributed by atoms with van der Waals surface area (Å²) < 4.78 is 2.35. The van der Waals surface area contributed by atoms with Gasteiger partial charge in [0.1, 0.15) is 11.4 Å². The van der Waals surface area contributed by atoms with Crippen LogP contribution in [-0.4, -0.2) is 25.6 Å². The molecule has 0 aliphatic carbocycles. The topological polar surface area (TPSA) is 60.2 Å². The Morgan fingerprint density at radius 3 is 2.52 bits per heavy atom. The number of aryl methyl sites for hydroxylation is 1. The van der Waals surface area contributed by atoms with Crippen LogP contribution in [-0.2, 0) is 0 Å². The molecule has 0 aliphatic heterocycles. The van der Waals surface area contributed by atoms with Crippen molar-refractivity contribution < 1.29 is 4.79 Å². The molecule has 106 valence electrons. The molecule has 0 saturated carbocycles. The molecule has 0 N–H and O–H groups in total. The predicted octanol–water partition coefficient (Wildman–Crippen LogP) is 3.72. The number of fused-ring (bicyclic) bond motifs is 1. The van der Waals surface area contributed by atoms with Crippen LogP contribution >= 0.6 is 27.5 Å². The van der Waals surface area contributed by atoms with Crippen molar-refractivity contribution in [1.82, 2.24) is 19.8 Å². The van der Waals surface area contributed by atoms with Crippen molar-refractivity contribution in [2.24, 2.45) is 0 Å². The predicted molar refractivity (Wildman–Crippen MR) is 83.7 cm³/mol. The Balaban J connectivity index is 2.26. The third kappa shape index (κ3) is 2.34. The minimum Gasteiger partial charge on any atom is -0.293 e. The second-order valence-electron chi connectivity index (χ2n) is 4.60. The van der Waals surface area contributed by atoms with Crippen molar-refractivity contribution in [2.75, 3.05) is 0 Å². The molecule has 0 spiro atoms. The highest BCUT2D eigenvalue weighted by atomic mass is 79.9. The highest BCUT2D eigenvalue weighted by molar-refractivity contribution is 9.10. The minimum atomic E-state index is -0.137. The van der Waals surface area contributed by atoms with Crippen molar-refractivity contribution in [3.63, 3.8) is 0 Å². The fourth-order valence-corrected chi connectivity index (χ4v) is 2.78. The van der Waals surface area contributed by atoms with Crippen LogP contribution in [0.4, 0.5) is 0 Å². The van der Waals surface area contributed by atoms with E-state index in [9.17, 15) is 4.79 Å². The van der Waals surface area contributed by atoms with E-state index in [1.54, 1.807) is 23.6 Å². The lowest BCUT2D eigenvalue weighted by Crippen LogP contribution is -2.08. The average molecular weight is 366 g/mol. The minimum absolute atomic E-state index is 0.137. The number of carbonyl (C=O) groups is 1. The molecule has 0 unspecified atom stereocenters. The smallest absolute Gasteiger partial charge is 0.192 e. The molecule has 7 heteroatoms. The van der Waals surface area contributed by atoms with Crippen LogP contribution in [0.15, 0.2) is 28.7 Å². The second kappa shape index (κ2) is 5.20. The Bertz CT molecular complexity index is 858. The molecule has 3 aromatic rings. The number of ketones is 1. The van der Waals surface area contributed by atoms with Gasteiger partial charge in [-0.2, -0.15) is 5.10 Å². The van der Waals surface area contributed by atoms with Gasteiger partial charge in [-0.1, -0.05) is 23.7 Å². The Morgan fingerprint density at radius 2 is 1.90 bits per heavy atom. The molecule has 0 bridgehead atoms. The number of halogens is 2. The van der Waals surface area contributed by atoms with E-state index in [-0.39, 0.29) is 5.78 Å². The van der Waals surface area contributed by atoms with Crippen LogP contribution in [0.3, 0.4) is 0 Å². The van der Waals surface area contributed by atoms with Crippen LogP contribution in [0, 0.1) is 6.92 Å². The lowest BCUT2D eigenvalue weighted by atomic mass is 10.1. The van der Waals surface area contributed by atoms with E-state index in [1.807, 2.05) is 12.1 Å². The standard InChI is InChI=1S/C14H10BrClN4O/c1-7-12(8(2)21)17-18-14-11(15)13(19-20(7)14)9-3-5-10(16)6-4-9/h3-6H,1-2H3. The number of hydrogen-bond acceptors (Lipinski definition) is 4. The second-order valence-corrected chi connectivity index (χ2v) is 5.82. The number of aromatic nitrogens is 4. The highest BCUT2D eigenvalue weighted by Crippen LogP contribution is 2.31. The summed E-state index contributed by atoms with van der Waals surface area (Å²) in [5.74, 6) is -0.137. The Labute approximate surface area is 134 Å². The molecule has 3 rings (SSSR count). The molecule has 0 atom stereocenters. The summed E-state index contributed by atoms with van der Waals surface area (Å²) in [5, 5.41) is 13.2. The van der Waals surface area contributed by atoms with Crippen LogP contribution in [0.1, 0.15) is 23.1 Å². The number of Topliss-reactive ketones (excluding diaryl/α,β-unsaturated/α-hetero) is 1. The number of benzene rings is 1. The van der Waals surface area contributed by atoms with Crippen molar-refractivity contribution in [3.05, 3.63) is 45.1 Å². The quantitative estimate of drug-likeness (QED) is 0.649. The lowest BCUT2D eigenvalue weighted by Gasteiger charge is -2.01. The Kier molecular flexibility index (Phi) is 3.51.